The van der Waals surface area contributed by atoms with E-state index in [1.807, 2.05) is 0 Å². The van der Waals surface area contributed by atoms with Gasteiger partial charge in [0.1, 0.15) is 0 Å². The lowest BCUT2D eigenvalue weighted by Crippen LogP contribution is -2.44. The van der Waals surface area contributed by atoms with Crippen LogP contribution in [-0.4, -0.2) is 64.5 Å². The first-order valence-corrected chi connectivity index (χ1v) is 11.3. The van der Waals surface area contributed by atoms with Gasteiger partial charge in [0.25, 0.3) is 5.16 Å². The van der Waals surface area contributed by atoms with Crippen LogP contribution in [0.3, 0.4) is 0 Å². The normalized spacial score (nSPS) is 29.4. The number of hydrogen-bond acceptors (Lipinski definition) is 7. The molecular weight excluding hydrogens is 392 g/mol. The summed E-state index contributed by atoms with van der Waals surface area (Å²) in [6.45, 7) is 0.868. The highest BCUT2D eigenvalue weighted by Gasteiger charge is 2.55. The van der Waals surface area contributed by atoms with Crippen molar-refractivity contribution in [2.75, 3.05) is 11.2 Å². The molecular formula is C17H21F2N5O3S. The molecule has 4 aliphatic rings. The lowest BCUT2D eigenvalue weighted by atomic mass is 10.0. The van der Waals surface area contributed by atoms with Crippen molar-refractivity contribution in [2.24, 2.45) is 0 Å². The Kier molecular flexibility index (Phi) is 3.77. The van der Waals surface area contributed by atoms with Crippen molar-refractivity contribution < 1.29 is 21.9 Å². The number of nitrogens with zero attached hydrogens (tertiary/aromatic N) is 5. The van der Waals surface area contributed by atoms with Gasteiger partial charge < -0.3 is 9.64 Å². The molecule has 4 saturated heterocycles. The van der Waals surface area contributed by atoms with E-state index in [1.165, 1.54) is 4.52 Å². The van der Waals surface area contributed by atoms with Crippen molar-refractivity contribution in [1.82, 2.24) is 19.6 Å². The maximum absolute atomic E-state index is 13.2. The largest absolute Gasteiger partial charge is 0.373 e. The highest BCUT2D eigenvalue weighted by Crippen LogP contribution is 2.47. The molecule has 2 aromatic rings. The molecule has 28 heavy (non-hydrogen) atoms. The van der Waals surface area contributed by atoms with Crippen LogP contribution in [0.5, 0.6) is 0 Å². The molecule has 6 heterocycles. The van der Waals surface area contributed by atoms with Crippen LogP contribution in [0.1, 0.15) is 38.3 Å². The molecule has 0 saturated carbocycles. The molecule has 0 spiro atoms. The Morgan fingerprint density at radius 1 is 1.29 bits per heavy atom. The molecule has 0 amide bonds. The van der Waals surface area contributed by atoms with Gasteiger partial charge >= 0.3 is 0 Å². The minimum Gasteiger partial charge on any atom is -0.373 e. The van der Waals surface area contributed by atoms with E-state index in [0.717, 1.165) is 32.4 Å². The molecule has 4 atom stereocenters. The number of anilines is 1. The summed E-state index contributed by atoms with van der Waals surface area (Å²) in [7, 11) is -3.64. The Labute approximate surface area is 160 Å². The molecule has 4 aliphatic heterocycles. The van der Waals surface area contributed by atoms with Crippen LogP contribution < -0.4 is 4.90 Å². The summed E-state index contributed by atoms with van der Waals surface area (Å²) < 4.78 is 58.2. The molecule has 0 aromatic carbocycles. The first kappa shape index (κ1) is 18.2. The molecule has 2 aromatic heterocycles. The third kappa shape index (κ3) is 2.95. The van der Waals surface area contributed by atoms with Crippen LogP contribution in [-0.2, 0) is 21.0 Å². The van der Waals surface area contributed by atoms with Crippen LogP contribution >= 0.6 is 0 Å². The van der Waals surface area contributed by atoms with E-state index in [1.54, 1.807) is 6.07 Å². The summed E-state index contributed by atoms with van der Waals surface area (Å²) in [6, 6.07) is 1.90. The highest BCUT2D eigenvalue weighted by molar-refractivity contribution is 7.90. The molecule has 0 N–H and O–H groups in total. The molecule has 4 unspecified atom stereocenters. The quantitative estimate of drug-likeness (QED) is 0.736. The fraction of sp³-hybridized carbons (Fsp3) is 0.706. The van der Waals surface area contributed by atoms with E-state index >= 15 is 0 Å². The second-order valence-corrected chi connectivity index (χ2v) is 10.1. The van der Waals surface area contributed by atoms with Crippen LogP contribution in [0.25, 0.3) is 5.65 Å². The summed E-state index contributed by atoms with van der Waals surface area (Å²) in [5.41, 5.74) is 0.741. The van der Waals surface area contributed by atoms with Crippen LogP contribution in [0.2, 0.25) is 0 Å². The number of hydrogen-bond donors (Lipinski definition) is 0. The number of halogens is 2. The highest BCUT2D eigenvalue weighted by atomic mass is 32.2. The Bertz CT molecular complexity index is 1050. The van der Waals surface area contributed by atoms with Crippen molar-refractivity contribution in [3.63, 3.8) is 0 Å². The summed E-state index contributed by atoms with van der Waals surface area (Å²) in [4.78, 5) is 10.6. The molecule has 152 valence electrons. The smallest absolute Gasteiger partial charge is 0.252 e. The number of aryl methyl sites for hydroxylation is 1. The van der Waals surface area contributed by atoms with Gasteiger partial charge in [-0.1, -0.05) is 0 Å². The van der Waals surface area contributed by atoms with Crippen LogP contribution in [0.15, 0.2) is 11.2 Å². The van der Waals surface area contributed by atoms with E-state index < -0.39 is 15.8 Å². The van der Waals surface area contributed by atoms with Crippen molar-refractivity contribution in [3.8, 4) is 0 Å². The number of sulfone groups is 1. The third-order valence-corrected chi connectivity index (χ3v) is 6.66. The van der Waals surface area contributed by atoms with Crippen LogP contribution in [0, 0.1) is 0 Å². The Hall–Kier alpha value is -1.88. The number of fused-ring (bicyclic) bond motifs is 1. The van der Waals surface area contributed by atoms with Crippen LogP contribution in [0.4, 0.5) is 14.7 Å². The number of rotatable bonds is 5. The monoisotopic (exact) mass is 413 g/mol. The van der Waals surface area contributed by atoms with E-state index in [-0.39, 0.29) is 42.3 Å². The lowest BCUT2D eigenvalue weighted by Gasteiger charge is -2.35. The van der Waals surface area contributed by atoms with E-state index in [0.29, 0.717) is 17.3 Å². The van der Waals surface area contributed by atoms with E-state index in [2.05, 4.69) is 20.0 Å². The molecule has 8 nitrogen and oxygen atoms in total. The molecule has 0 aliphatic carbocycles. The summed E-state index contributed by atoms with van der Waals surface area (Å²) in [5, 5.41) is 4.15. The van der Waals surface area contributed by atoms with Gasteiger partial charge in [0, 0.05) is 24.8 Å². The fourth-order valence-electron chi connectivity index (χ4n) is 4.65. The zero-order valence-corrected chi connectivity index (χ0v) is 16.4. The third-order valence-electron chi connectivity index (χ3n) is 5.81. The number of ether oxygens (including phenoxy) is 1. The van der Waals surface area contributed by atoms with Gasteiger partial charge in [-0.2, -0.15) is 19.6 Å². The van der Waals surface area contributed by atoms with Gasteiger partial charge in [-0.3, -0.25) is 0 Å². The zero-order chi connectivity index (χ0) is 19.8. The maximum atomic E-state index is 13.2. The Balaban J connectivity index is 1.61. The summed E-state index contributed by atoms with van der Waals surface area (Å²) in [5.74, 6) is -2.40. The Morgan fingerprint density at radius 2 is 2.07 bits per heavy atom. The lowest BCUT2D eigenvalue weighted by molar-refractivity contribution is 0.0121. The van der Waals surface area contributed by atoms with Gasteiger partial charge in [0.05, 0.1) is 23.9 Å². The minimum atomic E-state index is -3.64. The molecule has 4 bridgehead atoms. The zero-order valence-electron chi connectivity index (χ0n) is 15.5. The van der Waals surface area contributed by atoms with Crippen molar-refractivity contribution >= 4 is 21.4 Å². The molecule has 0 radical (unpaired) electrons. The average Bonchev–Trinajstić information content (AvgIpc) is 3.19. The minimum absolute atomic E-state index is 0.0706. The fourth-order valence-corrected chi connectivity index (χ4v) is 5.16. The first-order chi connectivity index (χ1) is 13.1. The summed E-state index contributed by atoms with van der Waals surface area (Å²) >= 11 is 0. The average molecular weight is 413 g/mol. The second kappa shape index (κ2) is 5.82. The van der Waals surface area contributed by atoms with Crippen molar-refractivity contribution in [1.29, 1.82) is 0 Å². The predicted octanol–water partition coefficient (Wildman–Crippen LogP) is 1.62. The van der Waals surface area contributed by atoms with E-state index in [9.17, 15) is 17.2 Å². The van der Waals surface area contributed by atoms with Gasteiger partial charge in [-0.05, 0) is 32.6 Å². The number of aromatic nitrogens is 4. The SMILES string of the molecule is CC(F)(F)CCc1cc2nc(S(C)(=O)=O)nc(N3C4CC5CC3C(C4)O5)n2n1. The topological polar surface area (TPSA) is 89.7 Å². The van der Waals surface area contributed by atoms with Gasteiger partial charge in [0.2, 0.25) is 21.7 Å². The second-order valence-electron chi connectivity index (χ2n) is 8.19. The predicted molar refractivity (Wildman–Crippen MR) is 95.4 cm³/mol. The molecule has 4 fully saturated rings. The maximum Gasteiger partial charge on any atom is 0.252 e. The van der Waals surface area contributed by atoms with E-state index in [4.69, 9.17) is 4.74 Å². The van der Waals surface area contributed by atoms with Crippen molar-refractivity contribution in [3.05, 3.63) is 11.8 Å². The van der Waals surface area contributed by atoms with Crippen molar-refractivity contribution in [2.45, 2.75) is 74.4 Å². The summed E-state index contributed by atoms with van der Waals surface area (Å²) in [6.07, 6.45) is 3.76. The standard InChI is InChI=1S/C17H21F2N5O3S/c1-17(18,19)4-3-9-5-14-20-15(28(2,25)26)21-16(24(14)22-9)23-10-6-11-8-12(23)13(7-10)27-11/h5,10-13H,3-4,6-8H2,1-2H3. The Morgan fingerprint density at radius 3 is 2.75 bits per heavy atom. The number of alkyl halides is 2. The molecule has 11 heteroatoms. The van der Waals surface area contributed by atoms with Gasteiger partial charge in [-0.15, -0.1) is 0 Å². The first-order valence-electron chi connectivity index (χ1n) is 9.37. The molecule has 6 rings (SSSR count). The van der Waals surface area contributed by atoms with Gasteiger partial charge in [-0.25, -0.2) is 17.2 Å². The van der Waals surface area contributed by atoms with Gasteiger partial charge in [0.15, 0.2) is 5.65 Å². The number of piperidine rings is 1.